The summed E-state index contributed by atoms with van der Waals surface area (Å²) in [6.07, 6.45) is 3.71. The van der Waals surface area contributed by atoms with Crippen LogP contribution in [0.25, 0.3) is 5.69 Å². The predicted octanol–water partition coefficient (Wildman–Crippen LogP) is 3.81. The van der Waals surface area contributed by atoms with Gasteiger partial charge in [0.05, 0.1) is 22.9 Å². The van der Waals surface area contributed by atoms with Crippen LogP contribution in [0.4, 0.5) is 5.69 Å². The Labute approximate surface area is 122 Å². The summed E-state index contributed by atoms with van der Waals surface area (Å²) in [5.74, 6) is 0. The molecule has 2 aromatic heterocycles. The number of aromatic nitrogens is 3. The van der Waals surface area contributed by atoms with E-state index in [0.29, 0.717) is 0 Å². The molecule has 0 bridgehead atoms. The number of nitrogens with one attached hydrogen (secondary N) is 1. The zero-order valence-corrected chi connectivity index (χ0v) is 12.3. The Morgan fingerprint density at radius 3 is 2.65 bits per heavy atom. The first-order valence-corrected chi connectivity index (χ1v) is 7.38. The van der Waals surface area contributed by atoms with E-state index >= 15 is 0 Å². The molecule has 1 aromatic carbocycles. The fourth-order valence-electron chi connectivity index (χ4n) is 2.17. The van der Waals surface area contributed by atoms with Crippen molar-refractivity contribution >= 4 is 17.0 Å². The van der Waals surface area contributed by atoms with Crippen molar-refractivity contribution < 1.29 is 0 Å². The van der Waals surface area contributed by atoms with Gasteiger partial charge in [0.1, 0.15) is 0 Å². The lowest BCUT2D eigenvalue weighted by molar-refractivity contribution is 0.876. The molecule has 0 saturated carbocycles. The summed E-state index contributed by atoms with van der Waals surface area (Å²) in [7, 11) is 0. The van der Waals surface area contributed by atoms with E-state index in [1.165, 1.54) is 4.88 Å². The molecule has 1 atom stereocenters. The third-order valence-electron chi connectivity index (χ3n) is 3.20. The number of thiazole rings is 1. The molecule has 1 N–H and O–H groups in total. The fraction of sp³-hybridized carbons (Fsp3) is 0.200. The largest absolute Gasteiger partial charge is 0.378 e. The standard InChI is InChI=1S/C15H16N4S/c1-11-15(20-10-16-11)12(2)18-13-4-6-14(7-5-13)19-9-3-8-17-19/h3-10,12,18H,1-2H3. The zero-order valence-electron chi connectivity index (χ0n) is 11.4. The van der Waals surface area contributed by atoms with Crippen LogP contribution in [0.3, 0.4) is 0 Å². The first-order valence-electron chi connectivity index (χ1n) is 6.50. The molecular weight excluding hydrogens is 268 g/mol. The Morgan fingerprint density at radius 1 is 1.25 bits per heavy atom. The number of anilines is 1. The van der Waals surface area contributed by atoms with Gasteiger partial charge in [-0.2, -0.15) is 5.10 Å². The van der Waals surface area contributed by atoms with Crippen molar-refractivity contribution in [1.29, 1.82) is 0 Å². The summed E-state index contributed by atoms with van der Waals surface area (Å²) >= 11 is 1.69. The maximum absolute atomic E-state index is 4.29. The SMILES string of the molecule is Cc1ncsc1C(C)Nc1ccc(-n2cccn2)cc1. The van der Waals surface area contributed by atoms with Gasteiger partial charge in [-0.3, -0.25) is 0 Å². The maximum Gasteiger partial charge on any atom is 0.0798 e. The van der Waals surface area contributed by atoms with Crippen molar-refractivity contribution in [3.63, 3.8) is 0 Å². The molecule has 0 aliphatic rings. The number of rotatable bonds is 4. The van der Waals surface area contributed by atoms with Crippen LogP contribution in [0, 0.1) is 6.92 Å². The summed E-state index contributed by atoms with van der Waals surface area (Å²) in [4.78, 5) is 5.57. The first kappa shape index (κ1) is 12.9. The minimum Gasteiger partial charge on any atom is -0.378 e. The molecule has 0 aliphatic heterocycles. The van der Waals surface area contributed by atoms with E-state index in [-0.39, 0.29) is 6.04 Å². The quantitative estimate of drug-likeness (QED) is 0.792. The number of nitrogens with zero attached hydrogens (tertiary/aromatic N) is 3. The van der Waals surface area contributed by atoms with Crippen molar-refractivity contribution in [3.05, 3.63) is 58.8 Å². The van der Waals surface area contributed by atoms with Crippen LogP contribution in [-0.4, -0.2) is 14.8 Å². The van der Waals surface area contributed by atoms with Gasteiger partial charge in [0.2, 0.25) is 0 Å². The molecule has 2 heterocycles. The topological polar surface area (TPSA) is 42.7 Å². The molecule has 3 aromatic rings. The molecule has 0 amide bonds. The van der Waals surface area contributed by atoms with Crippen LogP contribution >= 0.6 is 11.3 Å². The molecule has 1 unspecified atom stereocenters. The molecule has 3 rings (SSSR count). The third kappa shape index (κ3) is 2.58. The van der Waals surface area contributed by atoms with E-state index in [1.54, 1.807) is 17.5 Å². The van der Waals surface area contributed by atoms with E-state index in [0.717, 1.165) is 17.1 Å². The van der Waals surface area contributed by atoms with Gasteiger partial charge in [-0.1, -0.05) is 0 Å². The van der Waals surface area contributed by atoms with Crippen LogP contribution in [0.2, 0.25) is 0 Å². The summed E-state index contributed by atoms with van der Waals surface area (Å²) in [5, 5.41) is 7.72. The van der Waals surface area contributed by atoms with Crippen molar-refractivity contribution in [1.82, 2.24) is 14.8 Å². The van der Waals surface area contributed by atoms with Gasteiger partial charge >= 0.3 is 0 Å². The van der Waals surface area contributed by atoms with E-state index in [2.05, 4.69) is 46.6 Å². The third-order valence-corrected chi connectivity index (χ3v) is 4.31. The average molecular weight is 284 g/mol. The molecule has 0 saturated heterocycles. The highest BCUT2D eigenvalue weighted by atomic mass is 32.1. The molecule has 102 valence electrons. The van der Waals surface area contributed by atoms with Gasteiger partial charge in [-0.25, -0.2) is 9.67 Å². The first-order chi connectivity index (χ1) is 9.74. The number of hydrogen-bond acceptors (Lipinski definition) is 4. The Kier molecular flexibility index (Phi) is 3.52. The lowest BCUT2D eigenvalue weighted by atomic mass is 10.2. The summed E-state index contributed by atoms with van der Waals surface area (Å²) < 4.78 is 1.85. The monoisotopic (exact) mass is 284 g/mol. The van der Waals surface area contributed by atoms with Crippen LogP contribution in [-0.2, 0) is 0 Å². The number of aryl methyl sites for hydroxylation is 1. The van der Waals surface area contributed by atoms with E-state index < -0.39 is 0 Å². The van der Waals surface area contributed by atoms with Gasteiger partial charge in [-0.15, -0.1) is 11.3 Å². The number of benzene rings is 1. The smallest absolute Gasteiger partial charge is 0.0798 e. The van der Waals surface area contributed by atoms with Gasteiger partial charge in [0.15, 0.2) is 0 Å². The zero-order chi connectivity index (χ0) is 13.9. The van der Waals surface area contributed by atoms with Crippen molar-refractivity contribution in [3.8, 4) is 5.69 Å². The second-order valence-corrected chi connectivity index (χ2v) is 5.55. The normalized spacial score (nSPS) is 12.3. The van der Waals surface area contributed by atoms with Crippen molar-refractivity contribution in [2.24, 2.45) is 0 Å². The summed E-state index contributed by atoms with van der Waals surface area (Å²) in [5.41, 5.74) is 5.15. The minimum atomic E-state index is 0.262. The van der Waals surface area contributed by atoms with Crippen LogP contribution in [0.1, 0.15) is 23.5 Å². The van der Waals surface area contributed by atoms with Crippen LogP contribution in [0.5, 0.6) is 0 Å². The van der Waals surface area contributed by atoms with Gasteiger partial charge < -0.3 is 5.32 Å². The maximum atomic E-state index is 4.29. The molecule has 5 heteroatoms. The minimum absolute atomic E-state index is 0.262. The summed E-state index contributed by atoms with van der Waals surface area (Å²) in [6.45, 7) is 4.20. The molecular formula is C15H16N4S. The molecule has 0 spiro atoms. The lowest BCUT2D eigenvalue weighted by Crippen LogP contribution is -2.06. The molecule has 20 heavy (non-hydrogen) atoms. The number of hydrogen-bond donors (Lipinski definition) is 1. The predicted molar refractivity (Wildman–Crippen MR) is 82.5 cm³/mol. The molecule has 4 nitrogen and oxygen atoms in total. The van der Waals surface area contributed by atoms with E-state index in [4.69, 9.17) is 0 Å². The van der Waals surface area contributed by atoms with Crippen LogP contribution < -0.4 is 5.32 Å². The highest BCUT2D eigenvalue weighted by Crippen LogP contribution is 2.25. The van der Waals surface area contributed by atoms with Crippen molar-refractivity contribution in [2.75, 3.05) is 5.32 Å². The lowest BCUT2D eigenvalue weighted by Gasteiger charge is -2.14. The Balaban J connectivity index is 1.74. The fourth-order valence-corrected chi connectivity index (χ4v) is 2.98. The molecule has 0 fully saturated rings. The highest BCUT2D eigenvalue weighted by molar-refractivity contribution is 7.09. The highest BCUT2D eigenvalue weighted by Gasteiger charge is 2.10. The van der Waals surface area contributed by atoms with Gasteiger partial charge in [-0.05, 0) is 44.2 Å². The Hall–Kier alpha value is -2.14. The van der Waals surface area contributed by atoms with Crippen molar-refractivity contribution in [2.45, 2.75) is 19.9 Å². The van der Waals surface area contributed by atoms with E-state index in [1.807, 2.05) is 29.4 Å². The van der Waals surface area contributed by atoms with Gasteiger partial charge in [0.25, 0.3) is 0 Å². The summed E-state index contributed by atoms with van der Waals surface area (Å²) in [6, 6.07) is 10.4. The average Bonchev–Trinajstić information content (AvgIpc) is 3.10. The molecule has 0 radical (unpaired) electrons. The Bertz CT molecular complexity index is 670. The second-order valence-electron chi connectivity index (χ2n) is 4.67. The Morgan fingerprint density at radius 2 is 2.05 bits per heavy atom. The van der Waals surface area contributed by atoms with Crippen LogP contribution in [0.15, 0.2) is 48.2 Å². The van der Waals surface area contributed by atoms with Gasteiger partial charge in [0, 0.05) is 23.0 Å². The van der Waals surface area contributed by atoms with E-state index in [9.17, 15) is 0 Å². The molecule has 0 aliphatic carbocycles. The second kappa shape index (κ2) is 5.46.